The van der Waals surface area contributed by atoms with Crippen LogP contribution in [0.1, 0.15) is 65.7 Å². The van der Waals surface area contributed by atoms with Gasteiger partial charge in [0.2, 0.25) is 0 Å². The van der Waals surface area contributed by atoms with E-state index in [0.29, 0.717) is 12.3 Å². The summed E-state index contributed by atoms with van der Waals surface area (Å²) in [5.74, 6) is -0.400. The zero-order chi connectivity index (χ0) is 15.6. The van der Waals surface area contributed by atoms with E-state index in [2.05, 4.69) is 18.7 Å². The molecule has 0 aliphatic heterocycles. The zero-order valence-electron chi connectivity index (χ0n) is 13.1. The molecule has 0 rings (SSSR count). The van der Waals surface area contributed by atoms with Crippen LogP contribution in [0.2, 0.25) is 0 Å². The van der Waals surface area contributed by atoms with Crippen molar-refractivity contribution < 1.29 is 9.90 Å². The molecule has 0 radical (unpaired) electrons. The third-order valence-electron chi connectivity index (χ3n) is 3.97. The standard InChI is InChI=1S/C16H29NO3/c1-5-11-16(4,17-20)12-7-9-13(2)8-6-10-14(3)15(18)19/h5,13-14H,1,6-12H2,2-4H3,(H,18,19). The highest BCUT2D eigenvalue weighted by atomic mass is 16.4. The minimum atomic E-state index is -0.713. The minimum Gasteiger partial charge on any atom is -0.481 e. The minimum absolute atomic E-state index is 0.252. The molecule has 0 aromatic heterocycles. The highest BCUT2D eigenvalue weighted by Gasteiger charge is 2.23. The van der Waals surface area contributed by atoms with Crippen LogP contribution in [0.3, 0.4) is 0 Å². The fourth-order valence-corrected chi connectivity index (χ4v) is 2.37. The summed E-state index contributed by atoms with van der Waals surface area (Å²) in [6.07, 6.45) is 7.94. The van der Waals surface area contributed by atoms with Crippen LogP contribution >= 0.6 is 0 Å². The third kappa shape index (κ3) is 8.08. The molecule has 0 fully saturated rings. The van der Waals surface area contributed by atoms with Crippen molar-refractivity contribution in [2.24, 2.45) is 17.0 Å². The van der Waals surface area contributed by atoms with E-state index in [1.807, 2.05) is 6.92 Å². The SMILES string of the molecule is C=CCC(C)(CCCC(C)CCCC(C)C(=O)O)N=O. The monoisotopic (exact) mass is 283 g/mol. The molecule has 4 heteroatoms. The molecule has 0 saturated carbocycles. The van der Waals surface area contributed by atoms with E-state index in [4.69, 9.17) is 5.11 Å². The van der Waals surface area contributed by atoms with Gasteiger partial charge in [-0.05, 0) is 32.1 Å². The fourth-order valence-electron chi connectivity index (χ4n) is 2.37. The van der Waals surface area contributed by atoms with Gasteiger partial charge in [0.1, 0.15) is 5.54 Å². The molecule has 0 aliphatic carbocycles. The van der Waals surface area contributed by atoms with E-state index in [1.165, 1.54) is 0 Å². The summed E-state index contributed by atoms with van der Waals surface area (Å²) >= 11 is 0. The first-order valence-corrected chi connectivity index (χ1v) is 7.53. The molecule has 0 bridgehead atoms. The maximum atomic E-state index is 10.8. The second-order valence-electron chi connectivity index (χ2n) is 6.25. The van der Waals surface area contributed by atoms with Crippen molar-refractivity contribution in [2.45, 2.75) is 71.3 Å². The van der Waals surface area contributed by atoms with Crippen LogP contribution in [-0.2, 0) is 4.79 Å². The van der Waals surface area contributed by atoms with Crippen LogP contribution in [0.5, 0.6) is 0 Å². The van der Waals surface area contributed by atoms with Crippen LogP contribution in [0, 0.1) is 16.7 Å². The van der Waals surface area contributed by atoms with Crippen molar-refractivity contribution in [1.82, 2.24) is 0 Å². The van der Waals surface area contributed by atoms with Crippen molar-refractivity contribution in [3.8, 4) is 0 Å². The van der Waals surface area contributed by atoms with Crippen molar-refractivity contribution in [2.75, 3.05) is 0 Å². The highest BCUT2D eigenvalue weighted by Crippen LogP contribution is 2.25. The van der Waals surface area contributed by atoms with Gasteiger partial charge >= 0.3 is 5.97 Å². The van der Waals surface area contributed by atoms with Crippen LogP contribution in [0.15, 0.2) is 17.8 Å². The predicted molar refractivity (Wildman–Crippen MR) is 82.7 cm³/mol. The third-order valence-corrected chi connectivity index (χ3v) is 3.97. The maximum absolute atomic E-state index is 10.8. The molecule has 3 unspecified atom stereocenters. The normalized spacial score (nSPS) is 16.9. The van der Waals surface area contributed by atoms with E-state index in [1.54, 1.807) is 13.0 Å². The summed E-state index contributed by atoms with van der Waals surface area (Å²) in [4.78, 5) is 21.6. The van der Waals surface area contributed by atoms with Gasteiger partial charge in [-0.2, -0.15) is 4.91 Å². The molecule has 3 atom stereocenters. The average molecular weight is 283 g/mol. The van der Waals surface area contributed by atoms with Gasteiger partial charge in [0.15, 0.2) is 0 Å². The molecule has 0 spiro atoms. The Morgan fingerprint density at radius 3 is 2.40 bits per heavy atom. The molecule has 4 nitrogen and oxygen atoms in total. The number of nitroso groups, excluding NO2 is 1. The Hall–Kier alpha value is -1.19. The molecular weight excluding hydrogens is 254 g/mol. The molecule has 0 heterocycles. The Labute approximate surface area is 122 Å². The van der Waals surface area contributed by atoms with E-state index in [-0.39, 0.29) is 5.92 Å². The van der Waals surface area contributed by atoms with E-state index in [0.717, 1.165) is 38.5 Å². The van der Waals surface area contributed by atoms with Crippen molar-refractivity contribution in [1.29, 1.82) is 0 Å². The van der Waals surface area contributed by atoms with E-state index < -0.39 is 11.5 Å². The number of carboxylic acids is 1. The van der Waals surface area contributed by atoms with Crippen molar-refractivity contribution in [3.63, 3.8) is 0 Å². The van der Waals surface area contributed by atoms with Gasteiger partial charge in [0, 0.05) is 0 Å². The lowest BCUT2D eigenvalue weighted by atomic mass is 9.89. The Kier molecular flexibility index (Phi) is 9.10. The number of hydrogen-bond acceptors (Lipinski definition) is 3. The first kappa shape index (κ1) is 18.8. The quantitative estimate of drug-likeness (QED) is 0.414. The predicted octanol–water partition coefficient (Wildman–Crippen LogP) is 4.79. The Morgan fingerprint density at radius 1 is 1.30 bits per heavy atom. The molecule has 20 heavy (non-hydrogen) atoms. The fraction of sp³-hybridized carbons (Fsp3) is 0.812. The number of aliphatic carboxylic acids is 1. The molecule has 0 saturated heterocycles. The lowest BCUT2D eigenvalue weighted by molar-refractivity contribution is -0.141. The van der Waals surface area contributed by atoms with Crippen molar-refractivity contribution in [3.05, 3.63) is 17.6 Å². The molecule has 0 aromatic carbocycles. The van der Waals surface area contributed by atoms with Crippen LogP contribution in [0.4, 0.5) is 0 Å². The van der Waals surface area contributed by atoms with Crippen LogP contribution in [-0.4, -0.2) is 16.6 Å². The summed E-state index contributed by atoms with van der Waals surface area (Å²) in [5, 5.41) is 12.0. The lowest BCUT2D eigenvalue weighted by Crippen LogP contribution is -2.20. The summed E-state index contributed by atoms with van der Waals surface area (Å²) in [7, 11) is 0. The van der Waals surface area contributed by atoms with Gasteiger partial charge in [-0.1, -0.05) is 50.8 Å². The first-order valence-electron chi connectivity index (χ1n) is 7.53. The van der Waals surface area contributed by atoms with Gasteiger partial charge in [-0.3, -0.25) is 4.79 Å². The number of rotatable bonds is 12. The van der Waals surface area contributed by atoms with Gasteiger partial charge < -0.3 is 5.11 Å². The number of hydrogen-bond donors (Lipinski definition) is 1. The maximum Gasteiger partial charge on any atom is 0.306 e. The Bertz CT molecular complexity index is 317. The molecular formula is C16H29NO3. The Morgan fingerprint density at radius 2 is 1.90 bits per heavy atom. The summed E-state index contributed by atoms with van der Waals surface area (Å²) in [6.45, 7) is 9.48. The molecule has 116 valence electrons. The van der Waals surface area contributed by atoms with E-state index >= 15 is 0 Å². The highest BCUT2D eigenvalue weighted by molar-refractivity contribution is 5.69. The van der Waals surface area contributed by atoms with Gasteiger partial charge in [0.05, 0.1) is 5.92 Å². The van der Waals surface area contributed by atoms with Crippen molar-refractivity contribution >= 4 is 5.97 Å². The molecule has 0 aromatic rings. The topological polar surface area (TPSA) is 66.7 Å². The number of carbonyl (C=O) groups is 1. The zero-order valence-corrected chi connectivity index (χ0v) is 13.1. The molecule has 1 N–H and O–H groups in total. The largest absolute Gasteiger partial charge is 0.481 e. The van der Waals surface area contributed by atoms with E-state index in [9.17, 15) is 9.70 Å². The second-order valence-corrected chi connectivity index (χ2v) is 6.25. The van der Waals surface area contributed by atoms with Gasteiger partial charge in [0.25, 0.3) is 0 Å². The summed E-state index contributed by atoms with van der Waals surface area (Å²) in [6, 6.07) is 0. The molecule has 0 aliphatic rings. The number of carboxylic acid groups (broad SMARTS) is 1. The Balaban J connectivity index is 3.82. The van der Waals surface area contributed by atoms with Crippen LogP contribution in [0.25, 0.3) is 0 Å². The van der Waals surface area contributed by atoms with Gasteiger partial charge in [-0.25, -0.2) is 0 Å². The molecule has 0 amide bonds. The summed E-state index contributed by atoms with van der Waals surface area (Å²) < 4.78 is 0. The van der Waals surface area contributed by atoms with Gasteiger partial charge in [-0.15, -0.1) is 6.58 Å². The lowest BCUT2D eigenvalue weighted by Gasteiger charge is -2.20. The second kappa shape index (κ2) is 9.67. The average Bonchev–Trinajstić information content (AvgIpc) is 2.38. The number of nitrogens with zero attached hydrogens (tertiary/aromatic N) is 1. The summed E-state index contributed by atoms with van der Waals surface area (Å²) in [5.41, 5.74) is -0.515. The first-order chi connectivity index (χ1) is 9.34. The smallest absolute Gasteiger partial charge is 0.306 e. The van der Waals surface area contributed by atoms with Crippen LogP contribution < -0.4 is 0 Å².